The molecule has 0 saturated heterocycles. The summed E-state index contributed by atoms with van der Waals surface area (Å²) in [5.74, 6) is 0.487. The minimum absolute atomic E-state index is 0.487. The number of aliphatic hydroxyl groups is 1. The van der Waals surface area contributed by atoms with Gasteiger partial charge in [0.15, 0.2) is 5.82 Å². The fourth-order valence-electron chi connectivity index (χ4n) is 1.19. The summed E-state index contributed by atoms with van der Waals surface area (Å²) in [7, 11) is 0. The number of thiophene rings is 1. The summed E-state index contributed by atoms with van der Waals surface area (Å²) >= 11 is 1.63. The fraction of sp³-hybridized carbons (Fsp3) is 0.200. The molecule has 0 radical (unpaired) electrons. The lowest BCUT2D eigenvalue weighted by Gasteiger charge is -2.06. The number of hydrogen-bond donors (Lipinski definition) is 1. The fourth-order valence-corrected chi connectivity index (χ4v) is 1.94. The zero-order valence-electron chi connectivity index (χ0n) is 7.50. The van der Waals surface area contributed by atoms with Crippen molar-refractivity contribution >= 4 is 11.3 Å². The van der Waals surface area contributed by atoms with E-state index in [9.17, 15) is 5.11 Å². The summed E-state index contributed by atoms with van der Waals surface area (Å²) in [4.78, 5) is 9.15. The Balaban J connectivity index is 2.07. The van der Waals surface area contributed by atoms with Crippen molar-refractivity contribution < 1.29 is 5.11 Å². The van der Waals surface area contributed by atoms with E-state index in [2.05, 4.69) is 9.97 Å². The first-order valence-electron chi connectivity index (χ1n) is 4.33. The molecule has 2 rings (SSSR count). The predicted octanol–water partition coefficient (Wildman–Crippen LogP) is 1.81. The molecule has 0 amide bonds. The highest BCUT2D eigenvalue weighted by Crippen LogP contribution is 2.17. The van der Waals surface area contributed by atoms with Crippen LogP contribution in [0.25, 0.3) is 0 Å². The van der Waals surface area contributed by atoms with Gasteiger partial charge in [-0.05, 0) is 17.5 Å². The Morgan fingerprint density at radius 2 is 2.07 bits per heavy atom. The van der Waals surface area contributed by atoms with E-state index >= 15 is 0 Å². The summed E-state index contributed by atoms with van der Waals surface area (Å²) in [6.45, 7) is 0. The maximum Gasteiger partial charge on any atom is 0.157 e. The molecule has 2 aromatic heterocycles. The van der Waals surface area contributed by atoms with Crippen molar-refractivity contribution in [3.63, 3.8) is 0 Å². The van der Waals surface area contributed by atoms with Gasteiger partial charge in [0.05, 0.1) is 0 Å². The summed E-state index contributed by atoms with van der Waals surface area (Å²) in [6.07, 6.45) is 3.26. The van der Waals surface area contributed by atoms with Crippen LogP contribution in [0.15, 0.2) is 36.0 Å². The van der Waals surface area contributed by atoms with Crippen molar-refractivity contribution in [1.82, 2.24) is 9.97 Å². The highest BCUT2D eigenvalue weighted by atomic mass is 32.1. The molecule has 1 atom stereocenters. The molecule has 0 fully saturated rings. The van der Waals surface area contributed by atoms with Gasteiger partial charge in [0, 0.05) is 23.7 Å². The third-order valence-corrected chi connectivity index (χ3v) is 2.76. The van der Waals surface area contributed by atoms with Crippen molar-refractivity contribution in [3.8, 4) is 0 Å². The molecular formula is C10H10N2OS. The van der Waals surface area contributed by atoms with Crippen LogP contribution in [0, 0.1) is 0 Å². The minimum atomic E-state index is -0.602. The van der Waals surface area contributed by atoms with Crippen LogP contribution in [0.2, 0.25) is 0 Å². The molecule has 14 heavy (non-hydrogen) atoms. The van der Waals surface area contributed by atoms with E-state index in [-0.39, 0.29) is 0 Å². The smallest absolute Gasteiger partial charge is 0.157 e. The van der Waals surface area contributed by atoms with Crippen LogP contribution in [0.3, 0.4) is 0 Å². The van der Waals surface area contributed by atoms with E-state index in [1.165, 1.54) is 0 Å². The molecule has 0 saturated carbocycles. The van der Waals surface area contributed by atoms with Crippen LogP contribution < -0.4 is 0 Å². The molecule has 0 aliphatic carbocycles. The second-order valence-electron chi connectivity index (χ2n) is 2.91. The zero-order valence-corrected chi connectivity index (χ0v) is 8.31. The lowest BCUT2D eigenvalue weighted by Crippen LogP contribution is -2.05. The van der Waals surface area contributed by atoms with E-state index in [0.717, 1.165) is 4.88 Å². The number of rotatable bonds is 3. The number of hydrogen-bond acceptors (Lipinski definition) is 4. The second-order valence-corrected chi connectivity index (χ2v) is 3.94. The van der Waals surface area contributed by atoms with Crippen LogP contribution in [0.1, 0.15) is 16.8 Å². The molecule has 1 unspecified atom stereocenters. The molecule has 0 spiro atoms. The maximum atomic E-state index is 9.77. The Labute approximate surface area is 86.1 Å². The SMILES string of the molecule is OC(Cc1cccs1)c1ncccn1. The van der Waals surface area contributed by atoms with Gasteiger partial charge in [0.1, 0.15) is 6.10 Å². The molecule has 0 aromatic carbocycles. The third kappa shape index (κ3) is 2.16. The Morgan fingerprint density at radius 1 is 1.29 bits per heavy atom. The van der Waals surface area contributed by atoms with Crippen molar-refractivity contribution in [1.29, 1.82) is 0 Å². The molecule has 0 aliphatic heterocycles. The van der Waals surface area contributed by atoms with Crippen molar-refractivity contribution in [2.45, 2.75) is 12.5 Å². The molecule has 1 N–H and O–H groups in total. The van der Waals surface area contributed by atoms with Gasteiger partial charge in [-0.15, -0.1) is 11.3 Å². The topological polar surface area (TPSA) is 46.0 Å². The largest absolute Gasteiger partial charge is 0.385 e. The van der Waals surface area contributed by atoms with Gasteiger partial charge < -0.3 is 5.11 Å². The van der Waals surface area contributed by atoms with Crippen LogP contribution in [0.4, 0.5) is 0 Å². The number of aliphatic hydroxyl groups excluding tert-OH is 1. The number of aromatic nitrogens is 2. The molecule has 0 bridgehead atoms. The monoisotopic (exact) mass is 206 g/mol. The Bertz CT molecular complexity index is 374. The van der Waals surface area contributed by atoms with E-state index in [1.54, 1.807) is 29.8 Å². The molecular weight excluding hydrogens is 196 g/mol. The minimum Gasteiger partial charge on any atom is -0.385 e. The second kappa shape index (κ2) is 4.30. The Morgan fingerprint density at radius 3 is 2.71 bits per heavy atom. The molecule has 4 heteroatoms. The molecule has 3 nitrogen and oxygen atoms in total. The highest BCUT2D eigenvalue weighted by molar-refractivity contribution is 7.09. The van der Waals surface area contributed by atoms with Gasteiger partial charge in [0.25, 0.3) is 0 Å². The average Bonchev–Trinajstić information content (AvgIpc) is 2.72. The van der Waals surface area contributed by atoms with Crippen molar-refractivity contribution in [3.05, 3.63) is 46.7 Å². The van der Waals surface area contributed by atoms with Crippen LogP contribution in [0.5, 0.6) is 0 Å². The van der Waals surface area contributed by atoms with E-state index < -0.39 is 6.10 Å². The normalized spacial score (nSPS) is 12.6. The summed E-state index contributed by atoms with van der Waals surface area (Å²) in [5.41, 5.74) is 0. The lowest BCUT2D eigenvalue weighted by atomic mass is 10.2. The van der Waals surface area contributed by atoms with Gasteiger partial charge >= 0.3 is 0 Å². The van der Waals surface area contributed by atoms with Gasteiger partial charge in [-0.1, -0.05) is 6.07 Å². The van der Waals surface area contributed by atoms with Crippen LogP contribution in [-0.2, 0) is 6.42 Å². The van der Waals surface area contributed by atoms with Crippen LogP contribution in [-0.4, -0.2) is 15.1 Å². The van der Waals surface area contributed by atoms with Gasteiger partial charge in [-0.25, -0.2) is 9.97 Å². The van der Waals surface area contributed by atoms with Crippen molar-refractivity contribution in [2.24, 2.45) is 0 Å². The molecule has 2 aromatic rings. The maximum absolute atomic E-state index is 9.77. The summed E-state index contributed by atoms with van der Waals surface area (Å²) < 4.78 is 0. The van der Waals surface area contributed by atoms with Gasteiger partial charge in [-0.2, -0.15) is 0 Å². The molecule has 2 heterocycles. The predicted molar refractivity (Wildman–Crippen MR) is 55.0 cm³/mol. The first-order chi connectivity index (χ1) is 6.86. The molecule has 0 aliphatic rings. The van der Waals surface area contributed by atoms with E-state index in [0.29, 0.717) is 12.2 Å². The van der Waals surface area contributed by atoms with E-state index in [1.807, 2.05) is 17.5 Å². The third-order valence-electron chi connectivity index (χ3n) is 1.86. The van der Waals surface area contributed by atoms with E-state index in [4.69, 9.17) is 0 Å². The first kappa shape index (κ1) is 9.30. The first-order valence-corrected chi connectivity index (χ1v) is 5.21. The summed E-state index contributed by atoms with van der Waals surface area (Å²) in [5, 5.41) is 11.8. The average molecular weight is 206 g/mol. The summed E-state index contributed by atoms with van der Waals surface area (Å²) in [6, 6.07) is 5.71. The van der Waals surface area contributed by atoms with Gasteiger partial charge in [0.2, 0.25) is 0 Å². The van der Waals surface area contributed by atoms with Crippen LogP contribution >= 0.6 is 11.3 Å². The lowest BCUT2D eigenvalue weighted by molar-refractivity contribution is 0.169. The highest BCUT2D eigenvalue weighted by Gasteiger charge is 2.10. The number of nitrogens with zero attached hydrogens (tertiary/aromatic N) is 2. The van der Waals surface area contributed by atoms with Crippen molar-refractivity contribution in [2.75, 3.05) is 0 Å². The molecule has 72 valence electrons. The Kier molecular flexibility index (Phi) is 2.86. The zero-order chi connectivity index (χ0) is 9.80. The van der Waals surface area contributed by atoms with Gasteiger partial charge in [-0.3, -0.25) is 0 Å². The standard InChI is InChI=1S/C10H10N2OS/c13-9(7-8-3-1-6-14-8)10-11-4-2-5-12-10/h1-6,9,13H,7H2. The quantitative estimate of drug-likeness (QED) is 0.833. The Hall–Kier alpha value is -1.26.